The highest BCUT2D eigenvalue weighted by molar-refractivity contribution is 5.21. The van der Waals surface area contributed by atoms with E-state index in [4.69, 9.17) is 0 Å². The molecule has 2 N–H and O–H groups in total. The molecule has 1 aromatic rings. The zero-order chi connectivity index (χ0) is 19.9. The fourth-order valence-corrected chi connectivity index (χ4v) is 4.93. The fraction of sp³-hybridized carbons (Fsp3) is 0.600. The average molecular weight is 384 g/mol. The molecule has 0 aromatic heterocycles. The first-order chi connectivity index (χ1) is 13.5. The van der Waals surface area contributed by atoms with Crippen molar-refractivity contribution >= 4 is 0 Å². The summed E-state index contributed by atoms with van der Waals surface area (Å²) in [7, 11) is 4.27. The van der Waals surface area contributed by atoms with E-state index in [9.17, 15) is 10.2 Å². The number of rotatable bonds is 10. The lowest BCUT2D eigenvalue weighted by Gasteiger charge is -2.19. The van der Waals surface area contributed by atoms with Gasteiger partial charge in [-0.2, -0.15) is 0 Å². The van der Waals surface area contributed by atoms with Crippen molar-refractivity contribution in [1.29, 1.82) is 0 Å². The summed E-state index contributed by atoms with van der Waals surface area (Å²) >= 11 is 0. The van der Waals surface area contributed by atoms with E-state index < -0.39 is 6.10 Å². The van der Waals surface area contributed by atoms with Crippen LogP contribution in [0.3, 0.4) is 0 Å². The van der Waals surface area contributed by atoms with Crippen molar-refractivity contribution in [3.05, 3.63) is 59.7 Å². The van der Waals surface area contributed by atoms with Crippen LogP contribution in [0.5, 0.6) is 0 Å². The number of nitrogens with zero attached hydrogens (tertiary/aromatic N) is 1. The highest BCUT2D eigenvalue weighted by atomic mass is 16.3. The summed E-state index contributed by atoms with van der Waals surface area (Å²) in [5.41, 5.74) is 2.73. The van der Waals surface area contributed by atoms with Crippen LogP contribution in [0.15, 0.2) is 54.1 Å². The van der Waals surface area contributed by atoms with Crippen LogP contribution in [-0.2, 0) is 6.42 Å². The minimum absolute atomic E-state index is 0.179. The molecule has 2 aliphatic rings. The van der Waals surface area contributed by atoms with E-state index in [-0.39, 0.29) is 12.0 Å². The zero-order valence-corrected chi connectivity index (χ0v) is 17.5. The van der Waals surface area contributed by atoms with Gasteiger partial charge in [0.15, 0.2) is 0 Å². The van der Waals surface area contributed by atoms with Gasteiger partial charge in [0.1, 0.15) is 0 Å². The molecule has 154 valence electrons. The van der Waals surface area contributed by atoms with Crippen LogP contribution in [0, 0.1) is 17.8 Å². The molecule has 0 amide bonds. The molecule has 3 rings (SSSR count). The largest absolute Gasteiger partial charge is 0.392 e. The number of fused-ring (bicyclic) bond motifs is 1. The van der Waals surface area contributed by atoms with E-state index in [2.05, 4.69) is 31.1 Å². The van der Waals surface area contributed by atoms with Gasteiger partial charge in [0.25, 0.3) is 0 Å². The highest BCUT2D eigenvalue weighted by Crippen LogP contribution is 2.48. The lowest BCUT2D eigenvalue weighted by Crippen LogP contribution is -2.18. The molecule has 3 nitrogen and oxygen atoms in total. The third-order valence-electron chi connectivity index (χ3n) is 6.40. The molecule has 0 bridgehead atoms. The van der Waals surface area contributed by atoms with Crippen LogP contribution in [0.4, 0.5) is 0 Å². The topological polar surface area (TPSA) is 43.7 Å². The summed E-state index contributed by atoms with van der Waals surface area (Å²) in [6, 6.07) is 10.1. The maximum Gasteiger partial charge on any atom is 0.0761 e. The van der Waals surface area contributed by atoms with Crippen LogP contribution in [0.1, 0.15) is 44.1 Å². The van der Waals surface area contributed by atoms with Crippen molar-refractivity contribution in [3.8, 4) is 0 Å². The second kappa shape index (κ2) is 10.4. The Morgan fingerprint density at radius 1 is 1.14 bits per heavy atom. The van der Waals surface area contributed by atoms with Gasteiger partial charge in [-0.15, -0.1) is 0 Å². The molecule has 0 heterocycles. The van der Waals surface area contributed by atoms with Gasteiger partial charge in [0.05, 0.1) is 12.2 Å². The predicted molar refractivity (Wildman–Crippen MR) is 116 cm³/mol. The number of aliphatic hydroxyl groups is 2. The number of aliphatic hydroxyl groups excluding tert-OH is 2. The summed E-state index contributed by atoms with van der Waals surface area (Å²) in [5.74, 6) is 1.22. The highest BCUT2D eigenvalue weighted by Gasteiger charge is 2.43. The Labute approximate surface area is 170 Å². The molecule has 1 aromatic carbocycles. The van der Waals surface area contributed by atoms with Gasteiger partial charge in [0, 0.05) is 12.3 Å². The van der Waals surface area contributed by atoms with Gasteiger partial charge >= 0.3 is 0 Å². The molecule has 5 atom stereocenters. The predicted octanol–water partition coefficient (Wildman–Crippen LogP) is 4.21. The number of hydrogen-bond acceptors (Lipinski definition) is 3. The van der Waals surface area contributed by atoms with Crippen LogP contribution in [-0.4, -0.2) is 48.0 Å². The lowest BCUT2D eigenvalue weighted by atomic mass is 9.88. The second-order valence-corrected chi connectivity index (χ2v) is 8.99. The summed E-state index contributed by atoms with van der Waals surface area (Å²) < 4.78 is 0. The molecule has 0 radical (unpaired) electrons. The van der Waals surface area contributed by atoms with Crippen molar-refractivity contribution in [2.75, 3.05) is 20.6 Å². The van der Waals surface area contributed by atoms with Crippen molar-refractivity contribution in [3.63, 3.8) is 0 Å². The van der Waals surface area contributed by atoms with Crippen molar-refractivity contribution in [1.82, 2.24) is 4.90 Å². The van der Waals surface area contributed by atoms with Gasteiger partial charge < -0.3 is 15.1 Å². The maximum absolute atomic E-state index is 10.5. The Morgan fingerprint density at radius 3 is 2.68 bits per heavy atom. The minimum atomic E-state index is -0.487. The normalized spacial score (nSPS) is 28.1. The molecule has 3 heteroatoms. The third kappa shape index (κ3) is 6.04. The monoisotopic (exact) mass is 383 g/mol. The van der Waals surface area contributed by atoms with E-state index in [0.29, 0.717) is 18.3 Å². The maximum atomic E-state index is 10.5. The van der Waals surface area contributed by atoms with E-state index in [1.54, 1.807) is 5.57 Å². The van der Waals surface area contributed by atoms with Crippen molar-refractivity contribution < 1.29 is 10.2 Å². The van der Waals surface area contributed by atoms with Gasteiger partial charge in [0.2, 0.25) is 0 Å². The Morgan fingerprint density at radius 2 is 1.93 bits per heavy atom. The molecule has 0 aliphatic heterocycles. The zero-order valence-electron chi connectivity index (χ0n) is 17.5. The summed E-state index contributed by atoms with van der Waals surface area (Å²) in [4.78, 5) is 2.25. The van der Waals surface area contributed by atoms with Crippen LogP contribution in [0.2, 0.25) is 0 Å². The molecule has 1 saturated carbocycles. The summed E-state index contributed by atoms with van der Waals surface area (Å²) in [6.45, 7) is 1.18. The Hall–Kier alpha value is -1.42. The molecule has 0 spiro atoms. The standard InChI is InChI=1S/C25H37NO2/c1-26(2)14-8-4-7-11-20-15-21-18-25(28)23(24(21)17-20)13-12-22(27)16-19-9-5-3-6-10-19/h3,5-6,9-10,12-13,15,21-25,27-28H,4,7-8,11,14,16-18H2,1-2H3/t21-,22-,23+,24-,25+/m0/s1. The quantitative estimate of drug-likeness (QED) is 0.470. The Bertz CT molecular complexity index is 652. The van der Waals surface area contributed by atoms with Crippen molar-refractivity contribution in [2.45, 2.75) is 57.2 Å². The first-order valence-electron chi connectivity index (χ1n) is 11.0. The number of unbranched alkanes of at least 4 members (excludes halogenated alkanes) is 2. The number of allylic oxidation sites excluding steroid dienone is 2. The van der Waals surface area contributed by atoms with Crippen LogP contribution >= 0.6 is 0 Å². The Balaban J connectivity index is 1.46. The van der Waals surface area contributed by atoms with Crippen molar-refractivity contribution in [2.24, 2.45) is 17.8 Å². The molecular formula is C25H37NO2. The minimum Gasteiger partial charge on any atom is -0.392 e. The van der Waals surface area contributed by atoms with E-state index in [1.807, 2.05) is 36.4 Å². The molecule has 0 unspecified atom stereocenters. The van der Waals surface area contributed by atoms with E-state index in [0.717, 1.165) is 18.4 Å². The van der Waals surface area contributed by atoms with Gasteiger partial charge in [-0.3, -0.25) is 0 Å². The molecular weight excluding hydrogens is 346 g/mol. The summed E-state index contributed by atoms with van der Waals surface area (Å²) in [5, 5.41) is 20.9. The SMILES string of the molecule is CN(C)CCCCCC1=C[C@H]2C[C@@H](O)[C@H](C=C[C@H](O)Cc3ccccc3)[C@H]2C1. The van der Waals surface area contributed by atoms with Gasteiger partial charge in [-0.1, -0.05) is 60.6 Å². The molecule has 2 aliphatic carbocycles. The second-order valence-electron chi connectivity index (χ2n) is 8.99. The average Bonchev–Trinajstić information content (AvgIpc) is 3.16. The molecule has 28 heavy (non-hydrogen) atoms. The molecule has 1 fully saturated rings. The Kier molecular flexibility index (Phi) is 7.90. The van der Waals surface area contributed by atoms with E-state index in [1.165, 1.54) is 32.2 Å². The first-order valence-corrected chi connectivity index (χ1v) is 11.0. The summed E-state index contributed by atoms with van der Waals surface area (Å²) in [6.07, 6.45) is 13.4. The van der Waals surface area contributed by atoms with Crippen LogP contribution < -0.4 is 0 Å². The number of hydrogen-bond donors (Lipinski definition) is 2. The lowest BCUT2D eigenvalue weighted by molar-refractivity contribution is 0.140. The smallest absolute Gasteiger partial charge is 0.0761 e. The van der Waals surface area contributed by atoms with Crippen LogP contribution in [0.25, 0.3) is 0 Å². The number of benzene rings is 1. The van der Waals surface area contributed by atoms with Gasteiger partial charge in [-0.05, 0) is 70.1 Å². The third-order valence-corrected chi connectivity index (χ3v) is 6.40. The van der Waals surface area contributed by atoms with E-state index >= 15 is 0 Å². The fourth-order valence-electron chi connectivity index (χ4n) is 4.93. The van der Waals surface area contributed by atoms with Gasteiger partial charge in [-0.25, -0.2) is 0 Å². The molecule has 0 saturated heterocycles. The first kappa shape index (κ1) is 21.3.